The molecule has 1 aliphatic rings. The summed E-state index contributed by atoms with van der Waals surface area (Å²) in [5.41, 5.74) is 1.98. The van der Waals surface area contributed by atoms with Crippen molar-refractivity contribution in [3.05, 3.63) is 76.7 Å². The molecule has 2 aromatic carbocycles. The van der Waals surface area contributed by atoms with E-state index in [1.165, 1.54) is 0 Å². The monoisotopic (exact) mass is 452 g/mol. The smallest absolute Gasteiger partial charge is 0.316 e. The highest BCUT2D eigenvalue weighted by molar-refractivity contribution is 6.30. The number of Topliss-reactive ketones (excluding diaryl/α,β-unsaturated/α-hetero) is 1. The van der Waals surface area contributed by atoms with E-state index in [4.69, 9.17) is 21.1 Å². The topological polar surface area (TPSA) is 52.6 Å². The van der Waals surface area contributed by atoms with E-state index in [1.54, 1.807) is 34.6 Å². The van der Waals surface area contributed by atoms with Gasteiger partial charge in [0.15, 0.2) is 17.1 Å². The Morgan fingerprint density at radius 2 is 1.69 bits per heavy atom. The van der Waals surface area contributed by atoms with Crippen LogP contribution in [0.2, 0.25) is 5.02 Å². The SMILES string of the molecule is C=C1OC(C)(C)C(=O)C(c2cc(-c3ccc(Cl)cc3)ccc2CC)=C1OC(=O)C(C)(C)C. The highest BCUT2D eigenvalue weighted by atomic mass is 35.5. The first-order valence-corrected chi connectivity index (χ1v) is 11.0. The van der Waals surface area contributed by atoms with Crippen LogP contribution in [0.25, 0.3) is 16.7 Å². The van der Waals surface area contributed by atoms with E-state index in [9.17, 15) is 9.59 Å². The summed E-state index contributed by atoms with van der Waals surface area (Å²) in [6.45, 7) is 14.6. The number of aryl methyl sites for hydroxylation is 1. The highest BCUT2D eigenvalue weighted by Gasteiger charge is 2.43. The van der Waals surface area contributed by atoms with Crippen LogP contribution in [0.4, 0.5) is 0 Å². The van der Waals surface area contributed by atoms with Gasteiger partial charge in [0.25, 0.3) is 0 Å². The van der Waals surface area contributed by atoms with Gasteiger partial charge in [0.2, 0.25) is 5.78 Å². The summed E-state index contributed by atoms with van der Waals surface area (Å²) in [5.74, 6) is -0.475. The fourth-order valence-corrected chi connectivity index (χ4v) is 3.61. The molecule has 0 aliphatic carbocycles. The van der Waals surface area contributed by atoms with Crippen LogP contribution in [0.3, 0.4) is 0 Å². The zero-order valence-electron chi connectivity index (χ0n) is 19.5. The number of ketones is 1. The van der Waals surface area contributed by atoms with Crippen LogP contribution in [0, 0.1) is 5.41 Å². The lowest BCUT2D eigenvalue weighted by Crippen LogP contribution is -2.40. The minimum absolute atomic E-state index is 0.0807. The summed E-state index contributed by atoms with van der Waals surface area (Å²) < 4.78 is 11.5. The summed E-state index contributed by atoms with van der Waals surface area (Å²) in [5, 5.41) is 0.649. The average molecular weight is 453 g/mol. The predicted octanol–water partition coefficient (Wildman–Crippen LogP) is 6.76. The number of carbonyl (C=O) groups is 2. The van der Waals surface area contributed by atoms with E-state index in [2.05, 4.69) is 6.58 Å². The molecule has 1 aliphatic heterocycles. The van der Waals surface area contributed by atoms with Gasteiger partial charge in [-0.05, 0) is 81.5 Å². The van der Waals surface area contributed by atoms with Gasteiger partial charge in [-0.3, -0.25) is 9.59 Å². The van der Waals surface area contributed by atoms with Gasteiger partial charge in [-0.15, -0.1) is 0 Å². The zero-order valence-corrected chi connectivity index (χ0v) is 20.2. The molecule has 0 spiro atoms. The molecule has 0 saturated carbocycles. The van der Waals surface area contributed by atoms with Crippen LogP contribution in [-0.4, -0.2) is 17.4 Å². The lowest BCUT2D eigenvalue weighted by atomic mass is 9.84. The Labute approximate surface area is 194 Å². The Kier molecular flexibility index (Phi) is 6.39. The molecule has 0 aromatic heterocycles. The quantitative estimate of drug-likeness (QED) is 0.481. The van der Waals surface area contributed by atoms with Crippen molar-refractivity contribution < 1.29 is 19.1 Å². The molecule has 0 unspecified atom stereocenters. The lowest BCUT2D eigenvalue weighted by molar-refractivity contribution is -0.150. The summed E-state index contributed by atoms with van der Waals surface area (Å²) in [7, 11) is 0. The van der Waals surface area contributed by atoms with Gasteiger partial charge in [0, 0.05) is 5.02 Å². The van der Waals surface area contributed by atoms with E-state index >= 15 is 0 Å². The number of benzene rings is 2. The molecule has 0 radical (unpaired) electrons. The second kappa shape index (κ2) is 8.59. The lowest BCUT2D eigenvalue weighted by Gasteiger charge is -2.34. The zero-order chi connectivity index (χ0) is 23.8. The molecule has 2 aromatic rings. The molecule has 1 heterocycles. The van der Waals surface area contributed by atoms with Crippen molar-refractivity contribution in [1.82, 2.24) is 0 Å². The van der Waals surface area contributed by atoms with Gasteiger partial charge in [-0.25, -0.2) is 0 Å². The van der Waals surface area contributed by atoms with Gasteiger partial charge in [-0.2, -0.15) is 0 Å². The van der Waals surface area contributed by atoms with Gasteiger partial charge in [0.1, 0.15) is 0 Å². The Hall–Kier alpha value is -2.85. The van der Waals surface area contributed by atoms with Crippen LogP contribution in [0.5, 0.6) is 0 Å². The van der Waals surface area contributed by atoms with E-state index in [0.29, 0.717) is 22.6 Å². The maximum absolute atomic E-state index is 13.6. The Bertz CT molecular complexity index is 1120. The Morgan fingerprint density at radius 1 is 1.09 bits per heavy atom. The van der Waals surface area contributed by atoms with Crippen LogP contribution < -0.4 is 0 Å². The van der Waals surface area contributed by atoms with Crippen LogP contribution >= 0.6 is 11.6 Å². The number of ether oxygens (including phenoxy) is 2. The van der Waals surface area contributed by atoms with Crippen molar-refractivity contribution in [2.75, 3.05) is 0 Å². The number of hydrogen-bond acceptors (Lipinski definition) is 4. The molecule has 4 nitrogen and oxygen atoms in total. The largest absolute Gasteiger partial charge is 0.476 e. The first kappa shape index (κ1) is 23.8. The Balaban J connectivity index is 2.27. The standard InChI is InChI=1S/C27H29ClO4/c1-8-17-9-10-19(18-11-13-20(28)14-12-18)15-21(17)22-23(31-25(30)26(3,4)5)16(2)32-27(6,7)24(22)29/h9-15H,2,8H2,1,3-7H3. The van der Waals surface area contributed by atoms with Gasteiger partial charge in [0.05, 0.1) is 11.0 Å². The normalized spacial score (nSPS) is 16.1. The molecule has 0 bridgehead atoms. The van der Waals surface area contributed by atoms with Gasteiger partial charge >= 0.3 is 5.97 Å². The minimum atomic E-state index is -1.13. The first-order valence-electron chi connectivity index (χ1n) is 10.6. The molecule has 5 heteroatoms. The summed E-state index contributed by atoms with van der Waals surface area (Å²) in [6.07, 6.45) is 0.696. The molecule has 0 fully saturated rings. The third-order valence-electron chi connectivity index (χ3n) is 5.38. The summed E-state index contributed by atoms with van der Waals surface area (Å²) in [4.78, 5) is 26.3. The fraction of sp³-hybridized carbons (Fsp3) is 0.333. The van der Waals surface area contributed by atoms with Crippen LogP contribution in [0.1, 0.15) is 52.7 Å². The molecule has 0 amide bonds. The van der Waals surface area contributed by atoms with Crippen molar-refractivity contribution in [1.29, 1.82) is 0 Å². The van der Waals surface area contributed by atoms with Crippen molar-refractivity contribution in [3.8, 4) is 11.1 Å². The molecular weight excluding hydrogens is 424 g/mol. The van der Waals surface area contributed by atoms with Crippen LogP contribution in [-0.2, 0) is 25.5 Å². The first-order chi connectivity index (χ1) is 14.8. The van der Waals surface area contributed by atoms with E-state index in [1.807, 2.05) is 49.4 Å². The van der Waals surface area contributed by atoms with E-state index in [-0.39, 0.29) is 17.3 Å². The molecule has 3 rings (SSSR count). The molecule has 32 heavy (non-hydrogen) atoms. The summed E-state index contributed by atoms with van der Waals surface area (Å²) >= 11 is 6.05. The van der Waals surface area contributed by atoms with Crippen molar-refractivity contribution in [3.63, 3.8) is 0 Å². The third kappa shape index (κ3) is 4.66. The van der Waals surface area contributed by atoms with E-state index in [0.717, 1.165) is 16.7 Å². The minimum Gasteiger partial charge on any atom is -0.476 e. The predicted molar refractivity (Wildman–Crippen MR) is 128 cm³/mol. The summed E-state index contributed by atoms with van der Waals surface area (Å²) in [6, 6.07) is 13.5. The van der Waals surface area contributed by atoms with Gasteiger partial charge < -0.3 is 9.47 Å². The second-order valence-corrected chi connectivity index (χ2v) is 9.88. The number of esters is 1. The highest BCUT2D eigenvalue weighted by Crippen LogP contribution is 2.40. The average Bonchev–Trinajstić information content (AvgIpc) is 2.71. The molecular formula is C27H29ClO4. The van der Waals surface area contributed by atoms with Crippen molar-refractivity contribution in [2.45, 2.75) is 53.6 Å². The van der Waals surface area contributed by atoms with E-state index < -0.39 is 17.0 Å². The Morgan fingerprint density at radius 3 is 2.25 bits per heavy atom. The van der Waals surface area contributed by atoms with Gasteiger partial charge in [-0.1, -0.05) is 49.4 Å². The van der Waals surface area contributed by atoms with Crippen LogP contribution in [0.15, 0.2) is 60.6 Å². The number of hydrogen-bond donors (Lipinski definition) is 0. The van der Waals surface area contributed by atoms with Crippen molar-refractivity contribution >= 4 is 28.9 Å². The fourth-order valence-electron chi connectivity index (χ4n) is 3.48. The number of rotatable bonds is 4. The molecule has 168 valence electrons. The number of carbonyl (C=O) groups excluding carboxylic acids is 2. The van der Waals surface area contributed by atoms with Crippen molar-refractivity contribution in [2.24, 2.45) is 5.41 Å². The molecule has 0 saturated heterocycles. The maximum atomic E-state index is 13.6. The molecule has 0 atom stereocenters. The number of halogens is 1. The third-order valence-corrected chi connectivity index (χ3v) is 5.63. The second-order valence-electron chi connectivity index (χ2n) is 9.44. The molecule has 0 N–H and O–H groups in total. The maximum Gasteiger partial charge on any atom is 0.316 e.